The Kier molecular flexibility index (Phi) is 6.46. The number of piperidine rings is 1. The van der Waals surface area contributed by atoms with Crippen molar-refractivity contribution < 1.29 is 13.6 Å². The molecule has 31 heavy (non-hydrogen) atoms. The van der Waals surface area contributed by atoms with Crippen molar-refractivity contribution in [3.63, 3.8) is 0 Å². The van der Waals surface area contributed by atoms with Crippen LogP contribution in [0.4, 0.5) is 8.78 Å². The molecule has 8 heteroatoms. The highest BCUT2D eigenvalue weighted by Gasteiger charge is 2.34. The number of rotatable bonds is 5. The van der Waals surface area contributed by atoms with Gasteiger partial charge in [-0.2, -0.15) is 0 Å². The fourth-order valence-electron chi connectivity index (χ4n) is 4.37. The molecule has 0 aliphatic carbocycles. The van der Waals surface area contributed by atoms with E-state index in [9.17, 15) is 13.6 Å². The SMILES string of the molecule is CC(C)n1cc(C2=CCCN(C3CCCN(Cc4ccc(F)cc4F)C3=O)CC2)nn1. The van der Waals surface area contributed by atoms with Gasteiger partial charge in [-0.3, -0.25) is 9.69 Å². The molecular formula is C23H29F2N5O. The zero-order valence-corrected chi connectivity index (χ0v) is 18.1. The Morgan fingerprint density at radius 3 is 2.77 bits per heavy atom. The second-order valence-electron chi connectivity index (χ2n) is 8.64. The molecule has 0 N–H and O–H groups in total. The summed E-state index contributed by atoms with van der Waals surface area (Å²) < 4.78 is 29.1. The molecule has 3 heterocycles. The van der Waals surface area contributed by atoms with Crippen molar-refractivity contribution in [2.45, 2.75) is 58.2 Å². The summed E-state index contributed by atoms with van der Waals surface area (Å²) >= 11 is 0. The summed E-state index contributed by atoms with van der Waals surface area (Å²) in [4.78, 5) is 17.1. The van der Waals surface area contributed by atoms with E-state index in [-0.39, 0.29) is 24.5 Å². The van der Waals surface area contributed by atoms with Gasteiger partial charge in [-0.1, -0.05) is 17.4 Å². The van der Waals surface area contributed by atoms with E-state index in [1.807, 2.05) is 10.9 Å². The van der Waals surface area contributed by atoms with E-state index in [1.165, 1.54) is 17.7 Å². The van der Waals surface area contributed by atoms with Crippen LogP contribution in [0.5, 0.6) is 0 Å². The van der Waals surface area contributed by atoms with Crippen LogP contribution in [0.1, 0.15) is 56.8 Å². The molecule has 2 aliphatic heterocycles. The average Bonchev–Trinajstić information content (AvgIpc) is 3.11. The monoisotopic (exact) mass is 429 g/mol. The second kappa shape index (κ2) is 9.26. The van der Waals surface area contributed by atoms with Gasteiger partial charge in [-0.05, 0) is 51.2 Å². The Morgan fingerprint density at radius 2 is 2.03 bits per heavy atom. The molecule has 1 saturated heterocycles. The molecule has 6 nitrogen and oxygen atoms in total. The normalized spacial score (nSPS) is 20.8. The van der Waals surface area contributed by atoms with E-state index in [4.69, 9.17) is 0 Å². The Morgan fingerprint density at radius 1 is 1.19 bits per heavy atom. The number of carbonyl (C=O) groups is 1. The topological polar surface area (TPSA) is 54.3 Å². The molecule has 1 atom stereocenters. The maximum atomic E-state index is 14.1. The van der Waals surface area contributed by atoms with Gasteiger partial charge in [0.15, 0.2) is 0 Å². The van der Waals surface area contributed by atoms with Gasteiger partial charge < -0.3 is 4.90 Å². The Balaban J connectivity index is 1.40. The van der Waals surface area contributed by atoms with E-state index >= 15 is 0 Å². The summed E-state index contributed by atoms with van der Waals surface area (Å²) in [6.45, 7) is 6.49. The van der Waals surface area contributed by atoms with Gasteiger partial charge in [-0.15, -0.1) is 5.10 Å². The minimum absolute atomic E-state index is 0.0316. The van der Waals surface area contributed by atoms with Crippen molar-refractivity contribution in [2.75, 3.05) is 19.6 Å². The minimum atomic E-state index is -0.606. The van der Waals surface area contributed by atoms with Crippen molar-refractivity contribution in [2.24, 2.45) is 0 Å². The average molecular weight is 430 g/mol. The summed E-state index contributed by atoms with van der Waals surface area (Å²) in [6, 6.07) is 3.60. The van der Waals surface area contributed by atoms with Crippen molar-refractivity contribution in [3.8, 4) is 0 Å². The third kappa shape index (κ3) is 4.84. The molecule has 1 fully saturated rings. The maximum absolute atomic E-state index is 14.1. The fourth-order valence-corrected chi connectivity index (χ4v) is 4.37. The van der Waals surface area contributed by atoms with Crippen LogP contribution in [0.2, 0.25) is 0 Å². The summed E-state index contributed by atoms with van der Waals surface area (Å²) in [7, 11) is 0. The third-order valence-corrected chi connectivity index (χ3v) is 6.16. The molecule has 2 aliphatic rings. The summed E-state index contributed by atoms with van der Waals surface area (Å²) in [5.41, 5.74) is 2.42. The van der Waals surface area contributed by atoms with E-state index in [0.29, 0.717) is 12.1 Å². The molecule has 1 unspecified atom stereocenters. The summed E-state index contributed by atoms with van der Waals surface area (Å²) in [5, 5.41) is 8.52. The number of hydrogen-bond acceptors (Lipinski definition) is 4. The number of amides is 1. The van der Waals surface area contributed by atoms with Gasteiger partial charge in [0.25, 0.3) is 0 Å². The van der Waals surface area contributed by atoms with Crippen LogP contribution in [0.15, 0.2) is 30.5 Å². The van der Waals surface area contributed by atoms with Crippen LogP contribution in [-0.4, -0.2) is 56.4 Å². The maximum Gasteiger partial charge on any atom is 0.240 e. The highest BCUT2D eigenvalue weighted by Crippen LogP contribution is 2.26. The fraction of sp³-hybridized carbons (Fsp3) is 0.522. The number of aromatic nitrogens is 3. The van der Waals surface area contributed by atoms with Crippen molar-refractivity contribution in [1.29, 1.82) is 0 Å². The van der Waals surface area contributed by atoms with Crippen molar-refractivity contribution >= 4 is 11.5 Å². The molecule has 1 amide bonds. The van der Waals surface area contributed by atoms with Gasteiger partial charge >= 0.3 is 0 Å². The first-order valence-corrected chi connectivity index (χ1v) is 11.0. The molecule has 166 valence electrons. The van der Waals surface area contributed by atoms with Crippen LogP contribution in [0.25, 0.3) is 5.57 Å². The van der Waals surface area contributed by atoms with Crippen LogP contribution in [0.3, 0.4) is 0 Å². The lowest BCUT2D eigenvalue weighted by molar-refractivity contribution is -0.140. The van der Waals surface area contributed by atoms with E-state index in [2.05, 4.69) is 35.1 Å². The summed E-state index contributed by atoms with van der Waals surface area (Å²) in [5.74, 6) is -1.18. The Bertz CT molecular complexity index is 971. The summed E-state index contributed by atoms with van der Waals surface area (Å²) in [6.07, 6.45) is 7.52. The Hall–Kier alpha value is -2.61. The first-order valence-electron chi connectivity index (χ1n) is 11.0. The molecular weight excluding hydrogens is 400 g/mol. The molecule has 0 bridgehead atoms. The molecule has 0 spiro atoms. The van der Waals surface area contributed by atoms with Gasteiger partial charge in [0.1, 0.15) is 17.3 Å². The van der Waals surface area contributed by atoms with Crippen LogP contribution < -0.4 is 0 Å². The zero-order valence-electron chi connectivity index (χ0n) is 18.1. The lowest BCUT2D eigenvalue weighted by Crippen LogP contribution is -2.52. The van der Waals surface area contributed by atoms with Gasteiger partial charge in [0.05, 0.1) is 12.2 Å². The standard InChI is InChI=1S/C23H29F2N5O/c1-16(2)30-15-21(26-27-30)17-5-3-10-28(12-9-17)22-6-4-11-29(23(22)31)14-18-7-8-19(24)13-20(18)25/h5,7-8,13,15-16,22H,3-4,6,9-12,14H2,1-2H3. The molecule has 0 saturated carbocycles. The number of halogens is 2. The highest BCUT2D eigenvalue weighted by atomic mass is 19.1. The molecule has 1 aromatic carbocycles. The number of carbonyl (C=O) groups excluding carboxylic acids is 1. The third-order valence-electron chi connectivity index (χ3n) is 6.16. The highest BCUT2D eigenvalue weighted by molar-refractivity contribution is 5.82. The van der Waals surface area contributed by atoms with Gasteiger partial charge in [0, 0.05) is 43.9 Å². The van der Waals surface area contributed by atoms with Gasteiger partial charge in [-0.25, -0.2) is 13.5 Å². The van der Waals surface area contributed by atoms with Crippen molar-refractivity contribution in [1.82, 2.24) is 24.8 Å². The lowest BCUT2D eigenvalue weighted by atomic mass is 10.0. The number of likely N-dealkylation sites (tertiary alicyclic amines) is 1. The second-order valence-corrected chi connectivity index (χ2v) is 8.64. The smallest absolute Gasteiger partial charge is 0.240 e. The number of nitrogens with zero attached hydrogens (tertiary/aromatic N) is 5. The van der Waals surface area contributed by atoms with E-state index in [0.717, 1.165) is 50.5 Å². The molecule has 0 radical (unpaired) electrons. The zero-order chi connectivity index (χ0) is 22.0. The largest absolute Gasteiger partial charge is 0.337 e. The molecule has 1 aromatic heterocycles. The quantitative estimate of drug-likeness (QED) is 0.725. The van der Waals surface area contributed by atoms with E-state index < -0.39 is 11.6 Å². The number of benzene rings is 1. The lowest BCUT2D eigenvalue weighted by Gasteiger charge is -2.38. The predicted octanol–water partition coefficient (Wildman–Crippen LogP) is 3.81. The molecule has 2 aromatic rings. The Labute approximate surface area is 181 Å². The van der Waals surface area contributed by atoms with Crippen LogP contribution >= 0.6 is 0 Å². The first kappa shape index (κ1) is 21.6. The van der Waals surface area contributed by atoms with Crippen LogP contribution in [0, 0.1) is 11.6 Å². The molecule has 4 rings (SSSR count). The van der Waals surface area contributed by atoms with Gasteiger partial charge in [0.2, 0.25) is 5.91 Å². The first-order chi connectivity index (χ1) is 14.9. The van der Waals surface area contributed by atoms with Crippen molar-refractivity contribution in [3.05, 3.63) is 53.4 Å². The van der Waals surface area contributed by atoms with E-state index in [1.54, 1.807) is 4.90 Å². The number of hydrogen-bond donors (Lipinski definition) is 0. The minimum Gasteiger partial charge on any atom is -0.337 e. The van der Waals surface area contributed by atoms with Crippen LogP contribution in [-0.2, 0) is 11.3 Å². The predicted molar refractivity (Wildman–Crippen MR) is 114 cm³/mol.